The number of phenolic OH excluding ortho intramolecular Hbond substituents is 1. The summed E-state index contributed by atoms with van der Waals surface area (Å²) < 4.78 is 0. The molecule has 0 unspecified atom stereocenters. The predicted octanol–water partition coefficient (Wildman–Crippen LogP) is 5.09. The van der Waals surface area contributed by atoms with E-state index < -0.39 is 0 Å². The number of para-hydroxylation sites is 1. The number of pyridine rings is 1. The number of phenols is 1. The molecule has 137 valence electrons. The van der Waals surface area contributed by atoms with E-state index in [1.165, 1.54) is 5.56 Å². The number of fused-ring (bicyclic) bond motifs is 1. The van der Waals surface area contributed by atoms with Crippen molar-refractivity contribution in [2.75, 3.05) is 7.05 Å². The van der Waals surface area contributed by atoms with Gasteiger partial charge in [-0.3, -0.25) is 9.98 Å². The Hall–Kier alpha value is -2.81. The second-order valence-electron chi connectivity index (χ2n) is 5.62. The third kappa shape index (κ3) is 5.58. The smallest absolute Gasteiger partial charge is 0.124 e. The summed E-state index contributed by atoms with van der Waals surface area (Å²) in [6.07, 6.45) is 3.43. The Morgan fingerprint density at radius 3 is 2.37 bits per heavy atom. The van der Waals surface area contributed by atoms with Crippen LogP contribution < -0.4 is 0 Å². The van der Waals surface area contributed by atoms with Crippen LogP contribution in [0.4, 0.5) is 0 Å². The molecule has 1 aromatic carbocycles. The van der Waals surface area contributed by atoms with Gasteiger partial charge < -0.3 is 5.11 Å². The molecule has 1 aromatic heterocycles. The van der Waals surface area contributed by atoms with E-state index in [1.54, 1.807) is 31.6 Å². The van der Waals surface area contributed by atoms with Crippen LogP contribution in [0.15, 0.2) is 90.1 Å². The van der Waals surface area contributed by atoms with Crippen LogP contribution in [0.1, 0.15) is 5.56 Å². The van der Waals surface area contributed by atoms with Gasteiger partial charge in [-0.1, -0.05) is 48.5 Å². The van der Waals surface area contributed by atoms with E-state index in [0.717, 1.165) is 22.4 Å². The van der Waals surface area contributed by atoms with Crippen LogP contribution in [0.25, 0.3) is 22.4 Å². The van der Waals surface area contributed by atoms with Crippen LogP contribution in [0, 0.1) is 6.07 Å². The number of aliphatic imine (C=N–C) groups is 1. The van der Waals surface area contributed by atoms with Gasteiger partial charge in [-0.25, -0.2) is 0 Å². The molecule has 4 rings (SSSR count). The van der Waals surface area contributed by atoms with Gasteiger partial charge in [0.25, 0.3) is 0 Å². The van der Waals surface area contributed by atoms with E-state index in [0.29, 0.717) is 0 Å². The number of hydrogen-bond acceptors (Lipinski definition) is 3. The summed E-state index contributed by atoms with van der Waals surface area (Å²) >= 11 is 0. The Morgan fingerprint density at radius 1 is 0.889 bits per heavy atom. The maximum Gasteiger partial charge on any atom is 0.124 e. The summed E-state index contributed by atoms with van der Waals surface area (Å²) in [5.41, 5.74) is 5.12. The van der Waals surface area contributed by atoms with Gasteiger partial charge in [-0.2, -0.15) is 0 Å². The molecule has 0 fully saturated rings. The van der Waals surface area contributed by atoms with Crippen LogP contribution in [-0.4, -0.2) is 23.4 Å². The van der Waals surface area contributed by atoms with Crippen molar-refractivity contribution in [3.8, 4) is 28.1 Å². The van der Waals surface area contributed by atoms with Crippen molar-refractivity contribution < 1.29 is 25.2 Å². The molecule has 0 aliphatic heterocycles. The molecule has 1 N–H and O–H groups in total. The molecule has 27 heavy (non-hydrogen) atoms. The van der Waals surface area contributed by atoms with Gasteiger partial charge in [0, 0.05) is 50.8 Å². The van der Waals surface area contributed by atoms with Gasteiger partial charge in [-0.15, -0.1) is 34.9 Å². The van der Waals surface area contributed by atoms with Crippen LogP contribution in [-0.2, 0) is 20.1 Å². The molecule has 1 radical (unpaired) electrons. The number of rotatable bonds is 2. The predicted molar refractivity (Wildman–Crippen MR) is 107 cm³/mol. The molecular formula is C23H19IrN2O-. The average molecular weight is 532 g/mol. The maximum absolute atomic E-state index is 9.15. The maximum atomic E-state index is 9.15. The van der Waals surface area contributed by atoms with Gasteiger partial charge in [0.05, 0.1) is 0 Å². The summed E-state index contributed by atoms with van der Waals surface area (Å²) in [4.78, 5) is 8.11. The molecule has 2 aliphatic rings. The van der Waals surface area contributed by atoms with E-state index in [1.807, 2.05) is 48.5 Å². The van der Waals surface area contributed by atoms with Crippen LogP contribution >= 0.6 is 0 Å². The molecule has 0 atom stereocenters. The first-order valence-electron chi connectivity index (χ1n) is 8.30. The van der Waals surface area contributed by atoms with Crippen molar-refractivity contribution in [2.45, 2.75) is 0 Å². The Balaban J connectivity index is 0.000000208. The van der Waals surface area contributed by atoms with E-state index in [4.69, 9.17) is 5.11 Å². The summed E-state index contributed by atoms with van der Waals surface area (Å²) in [6.45, 7) is 0. The van der Waals surface area contributed by atoms with Crippen molar-refractivity contribution in [1.82, 2.24) is 4.98 Å². The second-order valence-corrected chi connectivity index (χ2v) is 5.62. The Morgan fingerprint density at radius 2 is 1.63 bits per heavy atom. The first kappa shape index (κ1) is 20.5. The minimum absolute atomic E-state index is 0. The van der Waals surface area contributed by atoms with Gasteiger partial charge >= 0.3 is 0 Å². The quantitative estimate of drug-likeness (QED) is 0.289. The number of hydrogen-bond donors (Lipinski definition) is 1. The molecule has 3 nitrogen and oxygen atoms in total. The Bertz CT molecular complexity index is 940. The van der Waals surface area contributed by atoms with E-state index >= 15 is 0 Å². The number of nitrogens with zero attached hydrogens (tertiary/aromatic N) is 2. The molecular weight excluding hydrogens is 512 g/mol. The molecule has 4 heteroatoms. The topological polar surface area (TPSA) is 45.5 Å². The molecule has 2 aliphatic carbocycles. The van der Waals surface area contributed by atoms with Crippen molar-refractivity contribution in [3.05, 3.63) is 96.7 Å². The zero-order valence-corrected chi connectivity index (χ0v) is 17.2. The van der Waals surface area contributed by atoms with Crippen LogP contribution in [0.5, 0.6) is 5.75 Å². The minimum atomic E-state index is 0. The molecule has 0 amide bonds. The zero-order valence-electron chi connectivity index (χ0n) is 14.8. The largest absolute Gasteiger partial charge is 0.507 e. The molecule has 2 aromatic rings. The zero-order chi connectivity index (χ0) is 18.2. The number of benzene rings is 1. The first-order chi connectivity index (χ1) is 12.8. The monoisotopic (exact) mass is 532 g/mol. The van der Waals surface area contributed by atoms with Crippen molar-refractivity contribution >= 4 is 6.21 Å². The van der Waals surface area contributed by atoms with E-state index in [-0.39, 0.29) is 25.9 Å². The summed E-state index contributed by atoms with van der Waals surface area (Å²) in [6, 6.07) is 28.8. The van der Waals surface area contributed by atoms with Crippen LogP contribution in [0.2, 0.25) is 0 Å². The molecule has 0 bridgehead atoms. The first-order valence-corrected chi connectivity index (χ1v) is 8.30. The van der Waals surface area contributed by atoms with Crippen molar-refractivity contribution in [3.63, 3.8) is 0 Å². The third-order valence-electron chi connectivity index (χ3n) is 3.79. The van der Waals surface area contributed by atoms with E-state index in [2.05, 4.69) is 34.2 Å². The van der Waals surface area contributed by atoms with Crippen molar-refractivity contribution in [2.24, 2.45) is 4.99 Å². The Labute approximate surface area is 173 Å². The number of aromatic hydroxyl groups is 1. The SMILES string of the molecule is CN=Cc1ccccc1O.[Ir].[c-]1c2cccccc-2cc1-c1ccccn1. The fourth-order valence-corrected chi connectivity index (χ4v) is 2.53. The third-order valence-corrected chi connectivity index (χ3v) is 3.79. The second kappa shape index (κ2) is 10.4. The average Bonchev–Trinajstić information content (AvgIpc) is 2.96. The fourth-order valence-electron chi connectivity index (χ4n) is 2.53. The molecule has 0 saturated heterocycles. The van der Waals surface area contributed by atoms with Gasteiger partial charge in [-0.05, 0) is 18.2 Å². The summed E-state index contributed by atoms with van der Waals surface area (Å²) in [5, 5.41) is 9.15. The molecule has 0 saturated carbocycles. The van der Waals surface area contributed by atoms with E-state index in [9.17, 15) is 0 Å². The normalized spacial score (nSPS) is 10.1. The standard InChI is InChI=1S/C15H10N.C8H9NO.Ir/c1-2-6-12-10-14(11-13(12)7-3-1)15-8-4-5-9-16-15;1-9-6-7-4-2-3-5-8(7)10;/h1-10H;2-6,10H,1H3;/q-1;;. The van der Waals surface area contributed by atoms with Gasteiger partial charge in [0.15, 0.2) is 0 Å². The Kier molecular flexibility index (Phi) is 7.87. The van der Waals surface area contributed by atoms with Crippen LogP contribution in [0.3, 0.4) is 0 Å². The summed E-state index contributed by atoms with van der Waals surface area (Å²) in [5.74, 6) is 0.271. The van der Waals surface area contributed by atoms with Gasteiger partial charge in [0.1, 0.15) is 5.75 Å². The van der Waals surface area contributed by atoms with Gasteiger partial charge in [0.2, 0.25) is 0 Å². The number of aromatic nitrogens is 1. The molecule has 1 heterocycles. The summed E-state index contributed by atoms with van der Waals surface area (Å²) in [7, 11) is 1.67. The minimum Gasteiger partial charge on any atom is -0.507 e. The fraction of sp³-hybridized carbons (Fsp3) is 0.0435. The molecule has 0 spiro atoms. The van der Waals surface area contributed by atoms with Crippen molar-refractivity contribution in [1.29, 1.82) is 0 Å².